The highest BCUT2D eigenvalue weighted by Gasteiger charge is 2.28. The zero-order valence-corrected chi connectivity index (χ0v) is 16.1. The number of amides is 1. The highest BCUT2D eigenvalue weighted by molar-refractivity contribution is 7.18. The molecule has 0 bridgehead atoms. The van der Waals surface area contributed by atoms with Crippen molar-refractivity contribution in [1.29, 1.82) is 0 Å². The first-order valence-corrected chi connectivity index (χ1v) is 9.44. The number of fused-ring (bicyclic) bond motifs is 1. The quantitative estimate of drug-likeness (QED) is 0.629. The summed E-state index contributed by atoms with van der Waals surface area (Å²) < 4.78 is 33.9. The van der Waals surface area contributed by atoms with Crippen molar-refractivity contribution in [1.82, 2.24) is 10.3 Å². The minimum Gasteiger partial charge on any atom is -0.457 e. The second-order valence-corrected chi connectivity index (χ2v) is 7.59. The number of nitrogens with one attached hydrogen (secondary N) is 1. The van der Waals surface area contributed by atoms with Crippen molar-refractivity contribution in [3.8, 4) is 0 Å². The minimum absolute atomic E-state index is 0.0503. The highest BCUT2D eigenvalue weighted by atomic mass is 32.1. The van der Waals surface area contributed by atoms with Crippen LogP contribution in [0.15, 0.2) is 42.5 Å². The Morgan fingerprint density at radius 1 is 1.11 bits per heavy atom. The number of thiazole rings is 1. The Hall–Kier alpha value is -2.87. The van der Waals surface area contributed by atoms with E-state index >= 15 is 0 Å². The van der Waals surface area contributed by atoms with Gasteiger partial charge in [0.2, 0.25) is 0 Å². The molecule has 0 saturated carbocycles. The van der Waals surface area contributed by atoms with Crippen molar-refractivity contribution in [2.24, 2.45) is 5.92 Å². The number of para-hydroxylation sites is 1. The average Bonchev–Trinajstić information content (AvgIpc) is 3.06. The van der Waals surface area contributed by atoms with E-state index in [9.17, 15) is 18.4 Å². The molecule has 0 spiro atoms. The molecule has 1 unspecified atom stereocenters. The summed E-state index contributed by atoms with van der Waals surface area (Å²) in [6, 6.07) is 9.60. The Morgan fingerprint density at radius 2 is 1.79 bits per heavy atom. The van der Waals surface area contributed by atoms with Crippen LogP contribution >= 0.6 is 11.3 Å². The number of hydrogen-bond acceptors (Lipinski definition) is 5. The van der Waals surface area contributed by atoms with E-state index in [1.807, 2.05) is 24.3 Å². The molecule has 0 fully saturated rings. The Morgan fingerprint density at radius 3 is 2.43 bits per heavy atom. The molecule has 0 aliphatic rings. The van der Waals surface area contributed by atoms with Crippen LogP contribution in [0.2, 0.25) is 0 Å². The van der Waals surface area contributed by atoms with Crippen molar-refractivity contribution < 1.29 is 23.1 Å². The number of halogens is 2. The number of hydrogen-bond donors (Lipinski definition) is 1. The number of benzene rings is 2. The van der Waals surface area contributed by atoms with Gasteiger partial charge in [0.1, 0.15) is 34.9 Å². The largest absolute Gasteiger partial charge is 0.457 e. The van der Waals surface area contributed by atoms with Gasteiger partial charge in [-0.15, -0.1) is 11.3 Å². The van der Waals surface area contributed by atoms with Gasteiger partial charge in [-0.3, -0.25) is 4.79 Å². The number of carbonyl (C=O) groups is 2. The smallest absolute Gasteiger partial charge is 0.329 e. The first-order valence-electron chi connectivity index (χ1n) is 8.62. The standard InChI is InChI=1S/C20H18F2N2O3S/c1-11(2)18(24-19(25)17-12(21)6-5-7-13(17)22)20(26)27-10-16-23-14-8-3-4-9-15(14)28-16/h3-9,11,18H,10H2,1-2H3,(H,24,25). The van der Waals surface area contributed by atoms with Gasteiger partial charge in [-0.2, -0.15) is 0 Å². The zero-order valence-electron chi connectivity index (χ0n) is 15.2. The van der Waals surface area contributed by atoms with E-state index in [-0.39, 0.29) is 12.5 Å². The van der Waals surface area contributed by atoms with Crippen LogP contribution in [0.3, 0.4) is 0 Å². The summed E-state index contributed by atoms with van der Waals surface area (Å²) in [5, 5.41) is 2.98. The summed E-state index contributed by atoms with van der Waals surface area (Å²) >= 11 is 1.40. The molecule has 1 amide bonds. The lowest BCUT2D eigenvalue weighted by atomic mass is 10.0. The molecule has 3 rings (SSSR count). The zero-order chi connectivity index (χ0) is 20.3. The van der Waals surface area contributed by atoms with Gasteiger partial charge in [0.15, 0.2) is 0 Å². The van der Waals surface area contributed by atoms with Crippen LogP contribution in [-0.2, 0) is 16.1 Å². The van der Waals surface area contributed by atoms with Crippen molar-refractivity contribution in [3.05, 3.63) is 64.7 Å². The van der Waals surface area contributed by atoms with E-state index in [0.29, 0.717) is 5.01 Å². The first kappa shape index (κ1) is 19.9. The SMILES string of the molecule is CC(C)C(NC(=O)c1c(F)cccc1F)C(=O)OCc1nc2ccccc2s1. The second kappa shape index (κ2) is 8.43. The molecule has 3 aromatic rings. The maximum absolute atomic E-state index is 13.8. The van der Waals surface area contributed by atoms with Crippen LogP contribution in [0.25, 0.3) is 10.2 Å². The van der Waals surface area contributed by atoms with Gasteiger partial charge in [-0.25, -0.2) is 18.6 Å². The molecule has 1 aromatic heterocycles. The van der Waals surface area contributed by atoms with Gasteiger partial charge in [-0.05, 0) is 30.2 Å². The topological polar surface area (TPSA) is 68.3 Å². The highest BCUT2D eigenvalue weighted by Crippen LogP contribution is 2.22. The Bertz CT molecular complexity index is 966. The van der Waals surface area contributed by atoms with Gasteiger partial charge in [0.05, 0.1) is 10.2 Å². The van der Waals surface area contributed by atoms with Gasteiger partial charge in [-0.1, -0.05) is 32.0 Å². The summed E-state index contributed by atoms with van der Waals surface area (Å²) in [5.74, 6) is -4.04. The van der Waals surface area contributed by atoms with E-state index in [0.717, 1.165) is 28.4 Å². The third kappa shape index (κ3) is 4.33. The van der Waals surface area contributed by atoms with Crippen LogP contribution in [-0.4, -0.2) is 22.9 Å². The van der Waals surface area contributed by atoms with E-state index < -0.39 is 35.1 Å². The van der Waals surface area contributed by atoms with Crippen LogP contribution < -0.4 is 5.32 Å². The monoisotopic (exact) mass is 404 g/mol. The fraction of sp³-hybridized carbons (Fsp3) is 0.250. The summed E-state index contributed by atoms with van der Waals surface area (Å²) in [4.78, 5) is 29.1. The third-order valence-corrected chi connectivity index (χ3v) is 5.08. The van der Waals surface area contributed by atoms with E-state index in [1.165, 1.54) is 11.3 Å². The summed E-state index contributed by atoms with van der Waals surface area (Å²) in [6.45, 7) is 3.34. The number of aromatic nitrogens is 1. The number of ether oxygens (including phenoxy) is 1. The predicted molar refractivity (Wildman–Crippen MR) is 102 cm³/mol. The van der Waals surface area contributed by atoms with Crippen LogP contribution in [0.4, 0.5) is 8.78 Å². The van der Waals surface area contributed by atoms with Crippen molar-refractivity contribution in [2.45, 2.75) is 26.5 Å². The fourth-order valence-corrected chi connectivity index (χ4v) is 3.51. The lowest BCUT2D eigenvalue weighted by Gasteiger charge is -2.21. The normalized spacial score (nSPS) is 12.2. The van der Waals surface area contributed by atoms with Crippen LogP contribution in [0.1, 0.15) is 29.2 Å². The van der Waals surface area contributed by atoms with Crippen molar-refractivity contribution >= 4 is 33.4 Å². The number of nitrogens with zero attached hydrogens (tertiary/aromatic N) is 1. The minimum atomic E-state index is -1.05. The molecule has 1 atom stereocenters. The molecular formula is C20H18F2N2O3S. The summed E-state index contributed by atoms with van der Waals surface area (Å²) in [7, 11) is 0. The Kier molecular flexibility index (Phi) is 5.99. The molecule has 146 valence electrons. The van der Waals surface area contributed by atoms with Crippen LogP contribution in [0.5, 0.6) is 0 Å². The van der Waals surface area contributed by atoms with Gasteiger partial charge >= 0.3 is 5.97 Å². The molecule has 0 radical (unpaired) electrons. The van der Waals surface area contributed by atoms with Crippen LogP contribution in [0, 0.1) is 17.6 Å². The third-order valence-electron chi connectivity index (χ3n) is 4.07. The number of carbonyl (C=O) groups excluding carboxylic acids is 2. The number of esters is 1. The van der Waals surface area contributed by atoms with Crippen molar-refractivity contribution in [3.63, 3.8) is 0 Å². The second-order valence-electron chi connectivity index (χ2n) is 6.47. The molecule has 0 saturated heterocycles. The first-order chi connectivity index (χ1) is 13.4. The Labute approximate surface area is 164 Å². The van der Waals surface area contributed by atoms with Gasteiger partial charge in [0, 0.05) is 0 Å². The molecule has 0 aliphatic heterocycles. The molecular weight excluding hydrogens is 386 g/mol. The Balaban J connectivity index is 1.69. The molecule has 28 heavy (non-hydrogen) atoms. The maximum Gasteiger partial charge on any atom is 0.329 e. The molecule has 1 heterocycles. The van der Waals surface area contributed by atoms with E-state index in [4.69, 9.17) is 4.74 Å². The van der Waals surface area contributed by atoms with Gasteiger partial charge < -0.3 is 10.1 Å². The lowest BCUT2D eigenvalue weighted by molar-refractivity contribution is -0.148. The lowest BCUT2D eigenvalue weighted by Crippen LogP contribution is -2.45. The summed E-state index contributed by atoms with van der Waals surface area (Å²) in [5.41, 5.74) is 0.0782. The average molecular weight is 404 g/mol. The summed E-state index contributed by atoms with van der Waals surface area (Å²) in [6.07, 6.45) is 0. The predicted octanol–water partition coefficient (Wildman–Crippen LogP) is 4.07. The molecule has 2 aromatic carbocycles. The maximum atomic E-state index is 13.8. The molecule has 1 N–H and O–H groups in total. The van der Waals surface area contributed by atoms with Gasteiger partial charge in [0.25, 0.3) is 5.91 Å². The van der Waals surface area contributed by atoms with E-state index in [2.05, 4.69) is 10.3 Å². The van der Waals surface area contributed by atoms with E-state index in [1.54, 1.807) is 13.8 Å². The fourth-order valence-electron chi connectivity index (χ4n) is 2.63. The number of rotatable bonds is 6. The molecule has 5 nitrogen and oxygen atoms in total. The molecule has 0 aliphatic carbocycles. The molecule has 8 heteroatoms. The van der Waals surface area contributed by atoms with Crippen molar-refractivity contribution in [2.75, 3.05) is 0 Å².